The Kier molecular flexibility index (Phi) is 16.3. The van der Waals surface area contributed by atoms with Crippen LogP contribution in [0.5, 0.6) is 0 Å². The molecule has 160 valence electrons. The first kappa shape index (κ1) is 25.9. The van der Waals surface area contributed by atoms with Crippen molar-refractivity contribution >= 4 is 21.5 Å². The first-order valence-corrected chi connectivity index (χ1v) is 10.5. The molecule has 0 heterocycles. The number of rotatable bonds is 15. The number of hydrogen-bond acceptors (Lipinski definition) is 4. The van der Waals surface area contributed by atoms with Crippen molar-refractivity contribution in [1.29, 1.82) is 0 Å². The second-order valence-corrected chi connectivity index (χ2v) is 7.96. The van der Waals surface area contributed by atoms with Gasteiger partial charge in [-0.25, -0.2) is 9.59 Å². The molecular weight excluding hydrogens is 363 g/mol. The van der Waals surface area contributed by atoms with Gasteiger partial charge in [-0.05, 0) is 76.4 Å². The highest BCUT2D eigenvalue weighted by Crippen LogP contribution is 2.05. The maximum absolute atomic E-state index is 11.9. The molecule has 0 fully saturated rings. The number of nitrogens with one attached hydrogen (secondary N) is 3. The van der Waals surface area contributed by atoms with Crippen LogP contribution in [0.15, 0.2) is 0 Å². The van der Waals surface area contributed by atoms with Crippen LogP contribution >= 0.6 is 9.39 Å². The lowest BCUT2D eigenvalue weighted by Gasteiger charge is -2.18. The molecule has 0 rings (SSSR count). The Bertz CT molecular complexity index is 396. The molecule has 0 aromatic rings. The van der Waals surface area contributed by atoms with E-state index in [1.54, 1.807) is 4.67 Å². The monoisotopic (exact) mass is 404 g/mol. The van der Waals surface area contributed by atoms with E-state index >= 15 is 0 Å². The van der Waals surface area contributed by atoms with Gasteiger partial charge in [-0.2, -0.15) is 0 Å². The molecule has 0 aliphatic rings. The number of carbonyl (C=O) groups is 2. The summed E-state index contributed by atoms with van der Waals surface area (Å²) in [6.07, 6.45) is 5.92. The molecule has 1 unspecified atom stereocenters. The maximum atomic E-state index is 11.9. The van der Waals surface area contributed by atoms with Crippen molar-refractivity contribution in [3.05, 3.63) is 0 Å². The van der Waals surface area contributed by atoms with Crippen molar-refractivity contribution in [1.82, 2.24) is 30.4 Å². The predicted octanol–water partition coefficient (Wildman–Crippen LogP) is 1.55. The van der Waals surface area contributed by atoms with Gasteiger partial charge in [0.1, 0.15) is 0 Å². The molecule has 4 amide bonds. The summed E-state index contributed by atoms with van der Waals surface area (Å²) >= 11 is 0. The van der Waals surface area contributed by atoms with E-state index in [0.29, 0.717) is 19.6 Å². The Labute approximate surface area is 168 Å². The van der Waals surface area contributed by atoms with Crippen molar-refractivity contribution in [2.75, 3.05) is 67.5 Å². The Morgan fingerprint density at radius 1 is 0.667 bits per heavy atom. The molecular formula is C18H41N6O2P. The highest BCUT2D eigenvalue weighted by molar-refractivity contribution is 7.14. The number of nitrogens with zero attached hydrogens (tertiary/aromatic N) is 3. The number of hydrogen-bond donors (Lipinski definition) is 3. The van der Waals surface area contributed by atoms with Crippen LogP contribution in [-0.2, 0) is 0 Å². The summed E-state index contributed by atoms with van der Waals surface area (Å²) in [6.45, 7) is 4.76. The number of carbonyl (C=O) groups excluding carboxylic acids is 2. The van der Waals surface area contributed by atoms with Crippen molar-refractivity contribution in [2.24, 2.45) is 0 Å². The van der Waals surface area contributed by atoms with Gasteiger partial charge in [0.25, 0.3) is 0 Å². The van der Waals surface area contributed by atoms with Crippen LogP contribution in [-0.4, -0.2) is 94.0 Å². The van der Waals surface area contributed by atoms with Crippen LogP contribution in [0.1, 0.15) is 38.5 Å². The fourth-order valence-electron chi connectivity index (χ4n) is 2.42. The molecule has 0 aliphatic heterocycles. The molecule has 9 heteroatoms. The Morgan fingerprint density at radius 3 is 1.70 bits per heavy atom. The van der Waals surface area contributed by atoms with E-state index in [1.807, 2.05) is 28.2 Å². The smallest absolute Gasteiger partial charge is 0.320 e. The lowest BCUT2D eigenvalue weighted by molar-refractivity contribution is 0.224. The standard InChI is InChI=1S/C18H41N6O2P/c1-22(2)14-9-12-20-17(25)19-11-7-5-6-8-16-24(27)18(26)21-13-10-15-23(3)4/h5-16,27H2,1-4H3,(H,21,26)(H2,19,20,25). The summed E-state index contributed by atoms with van der Waals surface area (Å²) < 4.78 is 1.66. The van der Waals surface area contributed by atoms with Crippen molar-refractivity contribution in [3.63, 3.8) is 0 Å². The second kappa shape index (κ2) is 17.0. The average Bonchev–Trinajstić information content (AvgIpc) is 2.60. The van der Waals surface area contributed by atoms with Crippen molar-refractivity contribution in [3.8, 4) is 0 Å². The zero-order chi connectivity index (χ0) is 20.5. The SMILES string of the molecule is CN(C)CCCNC(=O)NCCCCCCN(P)C(=O)NCCCN(C)C. The fraction of sp³-hybridized carbons (Fsp3) is 0.889. The molecule has 0 saturated heterocycles. The minimum Gasteiger partial charge on any atom is -0.338 e. The van der Waals surface area contributed by atoms with Crippen LogP contribution in [0.4, 0.5) is 9.59 Å². The average molecular weight is 405 g/mol. The van der Waals surface area contributed by atoms with Crippen molar-refractivity contribution < 1.29 is 9.59 Å². The van der Waals surface area contributed by atoms with Gasteiger partial charge in [0.15, 0.2) is 0 Å². The molecule has 3 N–H and O–H groups in total. The molecule has 0 spiro atoms. The number of unbranched alkanes of at least 4 members (excludes halogenated alkanes) is 3. The number of urea groups is 2. The van der Waals surface area contributed by atoms with Gasteiger partial charge in [0.2, 0.25) is 0 Å². The summed E-state index contributed by atoms with van der Waals surface area (Å²) in [5.74, 6) is 0. The molecule has 1 atom stereocenters. The first-order valence-electron chi connectivity index (χ1n) is 9.94. The molecule has 0 radical (unpaired) electrons. The van der Waals surface area contributed by atoms with E-state index in [-0.39, 0.29) is 12.1 Å². The predicted molar refractivity (Wildman–Crippen MR) is 116 cm³/mol. The third-order valence-electron chi connectivity index (χ3n) is 4.00. The zero-order valence-corrected chi connectivity index (χ0v) is 18.9. The lowest BCUT2D eigenvalue weighted by Crippen LogP contribution is -2.37. The highest BCUT2D eigenvalue weighted by Gasteiger charge is 2.07. The second-order valence-electron chi connectivity index (χ2n) is 7.34. The zero-order valence-electron chi connectivity index (χ0n) is 17.7. The molecule has 27 heavy (non-hydrogen) atoms. The minimum absolute atomic E-state index is 0.0358. The van der Waals surface area contributed by atoms with E-state index in [2.05, 4.69) is 35.1 Å². The third-order valence-corrected chi connectivity index (χ3v) is 4.49. The van der Waals surface area contributed by atoms with E-state index in [1.165, 1.54) is 0 Å². The molecule has 0 aromatic carbocycles. The van der Waals surface area contributed by atoms with Crippen LogP contribution in [0.2, 0.25) is 0 Å². The van der Waals surface area contributed by atoms with Crippen LogP contribution in [0.3, 0.4) is 0 Å². The third kappa shape index (κ3) is 18.0. The Morgan fingerprint density at radius 2 is 1.15 bits per heavy atom. The summed E-state index contributed by atoms with van der Waals surface area (Å²) in [7, 11) is 10.6. The highest BCUT2D eigenvalue weighted by atomic mass is 31.0. The summed E-state index contributed by atoms with van der Waals surface area (Å²) in [5.41, 5.74) is 0. The molecule has 8 nitrogen and oxygen atoms in total. The number of amides is 4. The largest absolute Gasteiger partial charge is 0.338 e. The van der Waals surface area contributed by atoms with E-state index < -0.39 is 0 Å². The van der Waals surface area contributed by atoms with Crippen LogP contribution in [0.25, 0.3) is 0 Å². The van der Waals surface area contributed by atoms with Gasteiger partial charge in [0, 0.05) is 26.2 Å². The molecule has 0 bridgehead atoms. The molecule has 0 saturated carbocycles. The van der Waals surface area contributed by atoms with Gasteiger partial charge in [-0.1, -0.05) is 12.8 Å². The Hall–Kier alpha value is -1.11. The fourth-order valence-corrected chi connectivity index (χ4v) is 2.69. The summed E-state index contributed by atoms with van der Waals surface area (Å²) in [4.78, 5) is 27.7. The quantitative estimate of drug-likeness (QED) is 0.286. The molecule has 0 aromatic heterocycles. The van der Waals surface area contributed by atoms with Crippen LogP contribution < -0.4 is 16.0 Å². The summed E-state index contributed by atoms with van der Waals surface area (Å²) in [6, 6.07) is -0.123. The van der Waals surface area contributed by atoms with E-state index in [4.69, 9.17) is 0 Å². The Balaban J connectivity index is 3.46. The lowest BCUT2D eigenvalue weighted by atomic mass is 10.2. The van der Waals surface area contributed by atoms with E-state index in [0.717, 1.165) is 58.2 Å². The van der Waals surface area contributed by atoms with Gasteiger partial charge in [0.05, 0.1) is 0 Å². The van der Waals surface area contributed by atoms with Gasteiger partial charge in [-0.3, -0.25) is 0 Å². The van der Waals surface area contributed by atoms with Gasteiger partial charge < -0.3 is 30.4 Å². The normalized spacial score (nSPS) is 10.9. The van der Waals surface area contributed by atoms with E-state index in [9.17, 15) is 9.59 Å². The summed E-state index contributed by atoms with van der Waals surface area (Å²) in [5, 5.41) is 8.66. The minimum atomic E-state index is -0.0872. The van der Waals surface area contributed by atoms with Crippen LogP contribution in [0, 0.1) is 0 Å². The topological polar surface area (TPSA) is 80.0 Å². The van der Waals surface area contributed by atoms with Crippen molar-refractivity contribution in [2.45, 2.75) is 38.5 Å². The maximum Gasteiger partial charge on any atom is 0.320 e. The first-order chi connectivity index (χ1) is 12.8. The van der Waals surface area contributed by atoms with Gasteiger partial charge >= 0.3 is 12.1 Å². The van der Waals surface area contributed by atoms with Gasteiger partial charge in [-0.15, -0.1) is 0 Å². The molecule has 0 aliphatic carbocycles.